The number of hydrogen-bond donors (Lipinski definition) is 0. The van der Waals surface area contributed by atoms with Crippen LogP contribution in [0.3, 0.4) is 0 Å². The van der Waals surface area contributed by atoms with E-state index < -0.39 is 13.8 Å². The number of ketones is 1. The van der Waals surface area contributed by atoms with Gasteiger partial charge in [-0.1, -0.05) is 19.6 Å². The van der Waals surface area contributed by atoms with Crippen molar-refractivity contribution in [3.63, 3.8) is 0 Å². The van der Waals surface area contributed by atoms with E-state index in [0.717, 1.165) is 0 Å². The highest BCUT2D eigenvalue weighted by Gasteiger charge is 2.62. The summed E-state index contributed by atoms with van der Waals surface area (Å²) in [5.41, 5.74) is 0. The minimum absolute atomic E-state index is 0.160. The van der Waals surface area contributed by atoms with Gasteiger partial charge in [0, 0.05) is 19.8 Å². The van der Waals surface area contributed by atoms with Gasteiger partial charge in [-0.15, -0.1) is 6.58 Å². The Morgan fingerprint density at radius 3 is 1.68 bits per heavy atom. The fourth-order valence-electron chi connectivity index (χ4n) is 2.18. The Hall–Kier alpha value is -0.753. The van der Waals surface area contributed by atoms with E-state index in [2.05, 4.69) is 13.2 Å². The highest BCUT2D eigenvalue weighted by molar-refractivity contribution is 6.70. The first-order valence-electron chi connectivity index (χ1n) is 6.76. The maximum Gasteiger partial charge on any atom is 0.519 e. The molecule has 0 aliphatic heterocycles. The van der Waals surface area contributed by atoms with Crippen molar-refractivity contribution < 1.29 is 18.1 Å². The van der Waals surface area contributed by atoms with Crippen LogP contribution in [0.25, 0.3) is 0 Å². The molecule has 0 aromatic rings. The van der Waals surface area contributed by atoms with E-state index in [1.807, 2.05) is 27.7 Å². The summed E-state index contributed by atoms with van der Waals surface area (Å²) in [6.45, 7) is 16.1. The molecule has 5 heteroatoms. The summed E-state index contributed by atoms with van der Waals surface area (Å²) in [5, 5.41) is -0.962. The van der Waals surface area contributed by atoms with Gasteiger partial charge in [0.15, 0.2) is 5.78 Å². The largest absolute Gasteiger partial charge is 0.519 e. The van der Waals surface area contributed by atoms with Crippen LogP contribution in [0.4, 0.5) is 0 Å². The summed E-state index contributed by atoms with van der Waals surface area (Å²) in [4.78, 5) is 12.4. The fraction of sp³-hybridized carbons (Fsp3) is 0.643. The quantitative estimate of drug-likeness (QED) is 0.332. The van der Waals surface area contributed by atoms with Crippen molar-refractivity contribution in [1.29, 1.82) is 0 Å². The van der Waals surface area contributed by atoms with Gasteiger partial charge in [0.1, 0.15) is 5.04 Å². The zero-order valence-electron chi connectivity index (χ0n) is 12.5. The minimum Gasteiger partial charge on any atom is -0.373 e. The van der Waals surface area contributed by atoms with Crippen molar-refractivity contribution in [3.05, 3.63) is 25.3 Å². The van der Waals surface area contributed by atoms with Crippen LogP contribution >= 0.6 is 0 Å². The molecule has 0 aliphatic rings. The maximum absolute atomic E-state index is 12.4. The van der Waals surface area contributed by atoms with E-state index in [9.17, 15) is 4.79 Å². The Balaban J connectivity index is 5.88. The highest BCUT2D eigenvalue weighted by atomic mass is 28.4. The van der Waals surface area contributed by atoms with Crippen LogP contribution in [0.5, 0.6) is 0 Å². The van der Waals surface area contributed by atoms with E-state index in [1.54, 1.807) is 6.08 Å². The molecule has 0 aromatic carbocycles. The van der Waals surface area contributed by atoms with Gasteiger partial charge in [-0.3, -0.25) is 4.79 Å². The summed E-state index contributed by atoms with van der Waals surface area (Å²) in [6.07, 6.45) is 3.40. The Labute approximate surface area is 117 Å². The molecule has 0 heterocycles. The van der Waals surface area contributed by atoms with Crippen LogP contribution in [-0.4, -0.2) is 34.4 Å². The van der Waals surface area contributed by atoms with E-state index >= 15 is 0 Å². The lowest BCUT2D eigenvalue weighted by atomic mass is 10.00. The SMILES string of the molecule is C=CC(=O)C(C=C)(CC)[Si](OCC)(OCC)OCC. The third-order valence-electron chi connectivity index (χ3n) is 3.08. The summed E-state index contributed by atoms with van der Waals surface area (Å²) >= 11 is 0. The number of hydrogen-bond acceptors (Lipinski definition) is 4. The molecule has 0 aliphatic carbocycles. The second-order valence-electron chi connectivity index (χ2n) is 3.95. The maximum atomic E-state index is 12.4. The Kier molecular flexibility index (Phi) is 8.09. The summed E-state index contributed by atoms with van der Waals surface area (Å²) in [5.74, 6) is -0.160. The van der Waals surface area contributed by atoms with Gasteiger partial charge in [0.05, 0.1) is 0 Å². The molecule has 0 bridgehead atoms. The monoisotopic (exact) mass is 286 g/mol. The minimum atomic E-state index is -3.20. The van der Waals surface area contributed by atoms with Crippen molar-refractivity contribution in [2.45, 2.75) is 39.2 Å². The van der Waals surface area contributed by atoms with Crippen LogP contribution in [0.1, 0.15) is 34.1 Å². The Bertz CT molecular complexity index is 300. The van der Waals surface area contributed by atoms with Crippen LogP contribution in [0.2, 0.25) is 5.04 Å². The summed E-state index contributed by atoms with van der Waals surface area (Å²) in [6, 6.07) is 0. The highest BCUT2D eigenvalue weighted by Crippen LogP contribution is 2.46. The average molecular weight is 286 g/mol. The first kappa shape index (κ1) is 18.2. The normalized spacial score (nSPS) is 14.7. The molecule has 0 fully saturated rings. The number of allylic oxidation sites excluding steroid dienone is 2. The van der Waals surface area contributed by atoms with Crippen LogP contribution < -0.4 is 0 Å². The van der Waals surface area contributed by atoms with Gasteiger partial charge in [0.25, 0.3) is 0 Å². The summed E-state index contributed by atoms with van der Waals surface area (Å²) < 4.78 is 17.5. The molecule has 1 atom stereocenters. The third kappa shape index (κ3) is 3.42. The lowest BCUT2D eigenvalue weighted by Crippen LogP contribution is -2.58. The molecule has 110 valence electrons. The number of rotatable bonds is 11. The molecular weight excluding hydrogens is 260 g/mol. The molecule has 1 unspecified atom stereocenters. The number of carbonyl (C=O) groups excluding carboxylic acids is 1. The third-order valence-corrected chi connectivity index (χ3v) is 6.98. The molecule has 0 spiro atoms. The smallest absolute Gasteiger partial charge is 0.373 e. The topological polar surface area (TPSA) is 44.8 Å². The van der Waals surface area contributed by atoms with E-state index in [-0.39, 0.29) is 5.78 Å². The predicted octanol–water partition coefficient (Wildman–Crippen LogP) is 3.13. The fourth-order valence-corrected chi connectivity index (χ4v) is 5.42. The van der Waals surface area contributed by atoms with Gasteiger partial charge in [-0.2, -0.15) is 0 Å². The van der Waals surface area contributed by atoms with Gasteiger partial charge in [-0.05, 0) is 33.3 Å². The first-order chi connectivity index (χ1) is 9.03. The van der Waals surface area contributed by atoms with Crippen molar-refractivity contribution in [3.8, 4) is 0 Å². The van der Waals surface area contributed by atoms with Gasteiger partial charge < -0.3 is 13.3 Å². The summed E-state index contributed by atoms with van der Waals surface area (Å²) in [7, 11) is -3.20. The molecule has 0 saturated heterocycles. The Morgan fingerprint density at radius 1 is 1.05 bits per heavy atom. The van der Waals surface area contributed by atoms with Gasteiger partial charge in [-0.25, -0.2) is 0 Å². The average Bonchev–Trinajstić information content (AvgIpc) is 2.41. The molecule has 0 amide bonds. The van der Waals surface area contributed by atoms with E-state index in [0.29, 0.717) is 26.2 Å². The van der Waals surface area contributed by atoms with Gasteiger partial charge in [0.2, 0.25) is 0 Å². The Morgan fingerprint density at radius 2 is 1.47 bits per heavy atom. The lowest BCUT2D eigenvalue weighted by Gasteiger charge is -2.41. The van der Waals surface area contributed by atoms with Crippen LogP contribution in [0.15, 0.2) is 25.3 Å². The molecule has 19 heavy (non-hydrogen) atoms. The molecule has 0 rings (SSSR count). The standard InChI is InChI=1S/C14H26O4Si/c1-7-13(15)14(8-2,9-3)19(16-10-4,17-11-5)18-12-6/h7-8H,1-2,9-12H2,3-6H3. The lowest BCUT2D eigenvalue weighted by molar-refractivity contribution is -0.118. The molecule has 0 N–H and O–H groups in total. The van der Waals surface area contributed by atoms with Gasteiger partial charge >= 0.3 is 8.80 Å². The molecule has 0 saturated carbocycles. The van der Waals surface area contributed by atoms with Crippen molar-refractivity contribution in [1.82, 2.24) is 0 Å². The molecule has 0 radical (unpaired) electrons. The second kappa shape index (κ2) is 8.42. The second-order valence-corrected chi connectivity index (χ2v) is 6.82. The van der Waals surface area contributed by atoms with Crippen molar-refractivity contribution in [2.24, 2.45) is 0 Å². The zero-order chi connectivity index (χ0) is 14.9. The molecular formula is C14H26O4Si. The first-order valence-corrected chi connectivity index (χ1v) is 8.48. The molecule has 0 aromatic heterocycles. The zero-order valence-corrected chi connectivity index (χ0v) is 13.5. The molecule has 4 nitrogen and oxygen atoms in total. The van der Waals surface area contributed by atoms with Crippen LogP contribution in [0, 0.1) is 0 Å². The number of carbonyl (C=O) groups is 1. The van der Waals surface area contributed by atoms with E-state index in [4.69, 9.17) is 13.3 Å². The van der Waals surface area contributed by atoms with Crippen molar-refractivity contribution in [2.75, 3.05) is 19.8 Å². The van der Waals surface area contributed by atoms with Crippen molar-refractivity contribution >= 4 is 14.6 Å². The van der Waals surface area contributed by atoms with E-state index in [1.165, 1.54) is 6.08 Å². The predicted molar refractivity (Wildman–Crippen MR) is 79.0 cm³/mol. The van der Waals surface area contributed by atoms with Crippen LogP contribution in [-0.2, 0) is 18.1 Å².